The van der Waals surface area contributed by atoms with Gasteiger partial charge in [0.1, 0.15) is 0 Å². The van der Waals surface area contributed by atoms with Crippen molar-refractivity contribution >= 4 is 39.1 Å². The van der Waals surface area contributed by atoms with Crippen LogP contribution in [-0.2, 0) is 26.0 Å². The van der Waals surface area contributed by atoms with Crippen LogP contribution in [0.2, 0.25) is 5.02 Å². The Labute approximate surface area is 196 Å². The Balaban J connectivity index is 1.89. The summed E-state index contributed by atoms with van der Waals surface area (Å²) in [6, 6.07) is 13.3. The van der Waals surface area contributed by atoms with Crippen LogP contribution in [0.15, 0.2) is 65.7 Å². The Hall–Kier alpha value is -3.43. The van der Waals surface area contributed by atoms with E-state index in [4.69, 9.17) is 11.6 Å². The third kappa shape index (κ3) is 5.68. The van der Waals surface area contributed by atoms with Crippen molar-refractivity contribution in [3.8, 4) is 0 Å². The predicted octanol–water partition coefficient (Wildman–Crippen LogP) is 3.31. The Morgan fingerprint density at radius 2 is 1.79 bits per heavy atom. The molecule has 2 aromatic carbocycles. The highest BCUT2D eigenvalue weighted by atomic mass is 35.5. The second-order valence-corrected chi connectivity index (χ2v) is 9.32. The number of aromatic nitrogens is 1. The first-order chi connectivity index (χ1) is 15.6. The van der Waals surface area contributed by atoms with Crippen molar-refractivity contribution in [2.45, 2.75) is 24.7 Å². The smallest absolute Gasteiger partial charge is 0.305 e. The molecule has 1 heterocycles. The molecule has 0 saturated heterocycles. The van der Waals surface area contributed by atoms with E-state index in [0.717, 1.165) is 10.3 Å². The molecule has 0 aliphatic rings. The Kier molecular flexibility index (Phi) is 7.35. The minimum Gasteiger partial charge on any atom is -0.469 e. The van der Waals surface area contributed by atoms with Gasteiger partial charge < -0.3 is 4.74 Å². The molecule has 0 spiro atoms. The van der Waals surface area contributed by atoms with Gasteiger partial charge in [-0.3, -0.25) is 19.5 Å². The molecule has 0 amide bonds. The van der Waals surface area contributed by atoms with E-state index in [1.807, 2.05) is 0 Å². The summed E-state index contributed by atoms with van der Waals surface area (Å²) >= 11 is 6.07. The number of aryl methyl sites for hydroxylation is 1. The summed E-state index contributed by atoms with van der Waals surface area (Å²) in [5.41, 5.74) is 1.34. The molecule has 1 aromatic heterocycles. The van der Waals surface area contributed by atoms with Crippen molar-refractivity contribution in [1.29, 1.82) is 0 Å². The van der Waals surface area contributed by atoms with Crippen LogP contribution in [0.4, 0.5) is 5.69 Å². The van der Waals surface area contributed by atoms with Crippen LogP contribution in [0.1, 0.15) is 33.6 Å². The van der Waals surface area contributed by atoms with Crippen molar-refractivity contribution in [2.24, 2.45) is 0 Å². The molecule has 2 N–H and O–H groups in total. The highest BCUT2D eigenvalue weighted by Gasteiger charge is 2.24. The molecule has 0 bridgehead atoms. The SMILES string of the molecule is COC(=O)CCc1ccc(S(=O)(=O)Nc2ccc(Cl)cc2C(=O)c2ccc[n+](O)c2C)cc1. The maximum absolute atomic E-state index is 13.2. The summed E-state index contributed by atoms with van der Waals surface area (Å²) in [5, 5.41) is 10.1. The number of sulfonamides is 1. The highest BCUT2D eigenvalue weighted by Crippen LogP contribution is 2.26. The van der Waals surface area contributed by atoms with Crippen molar-refractivity contribution < 1.29 is 32.7 Å². The predicted molar refractivity (Wildman–Crippen MR) is 121 cm³/mol. The number of ether oxygens (including phenoxy) is 1. The number of rotatable bonds is 8. The van der Waals surface area contributed by atoms with Gasteiger partial charge in [-0.15, -0.1) is 0 Å². The molecule has 0 aliphatic carbocycles. The lowest BCUT2D eigenvalue weighted by Crippen LogP contribution is -2.35. The molecule has 0 atom stereocenters. The van der Waals surface area contributed by atoms with Crippen LogP contribution in [0.5, 0.6) is 0 Å². The van der Waals surface area contributed by atoms with Crippen molar-refractivity contribution in [1.82, 2.24) is 0 Å². The van der Waals surface area contributed by atoms with Crippen LogP contribution in [-0.4, -0.2) is 32.5 Å². The van der Waals surface area contributed by atoms with Crippen molar-refractivity contribution in [3.63, 3.8) is 0 Å². The maximum Gasteiger partial charge on any atom is 0.305 e. The lowest BCUT2D eigenvalue weighted by molar-refractivity contribution is -0.908. The summed E-state index contributed by atoms with van der Waals surface area (Å²) in [6.45, 7) is 1.56. The zero-order valence-corrected chi connectivity index (χ0v) is 19.5. The van der Waals surface area contributed by atoms with E-state index in [9.17, 15) is 23.2 Å². The highest BCUT2D eigenvalue weighted by molar-refractivity contribution is 7.92. The number of benzene rings is 2. The Morgan fingerprint density at radius 1 is 1.09 bits per heavy atom. The van der Waals surface area contributed by atoms with E-state index in [-0.39, 0.29) is 39.1 Å². The van der Waals surface area contributed by atoms with Crippen LogP contribution in [0.25, 0.3) is 0 Å². The summed E-state index contributed by atoms with van der Waals surface area (Å²) in [4.78, 5) is 24.4. The van der Waals surface area contributed by atoms with E-state index < -0.39 is 15.8 Å². The molecule has 0 saturated carbocycles. The number of pyridine rings is 1. The fourth-order valence-corrected chi connectivity index (χ4v) is 4.39. The van der Waals surface area contributed by atoms with E-state index in [1.54, 1.807) is 19.1 Å². The summed E-state index contributed by atoms with van der Waals surface area (Å²) in [7, 11) is -2.72. The molecule has 3 aromatic rings. The van der Waals surface area contributed by atoms with Gasteiger partial charge in [0.05, 0.1) is 23.3 Å². The first-order valence-electron chi connectivity index (χ1n) is 9.85. The number of halogens is 1. The monoisotopic (exact) mass is 489 g/mol. The Morgan fingerprint density at radius 3 is 2.45 bits per heavy atom. The number of methoxy groups -OCH3 is 1. The number of hydrogen-bond donors (Lipinski definition) is 2. The van der Waals surface area contributed by atoms with Crippen LogP contribution in [0, 0.1) is 6.92 Å². The maximum atomic E-state index is 13.2. The first kappa shape index (κ1) is 24.2. The minimum absolute atomic E-state index is 0.0123. The molecule has 0 fully saturated rings. The number of hydrogen-bond acceptors (Lipinski definition) is 6. The summed E-state index contributed by atoms with van der Waals surface area (Å²) < 4.78 is 33.8. The van der Waals surface area contributed by atoms with Gasteiger partial charge in [-0.2, -0.15) is 0 Å². The van der Waals surface area contributed by atoms with Gasteiger partial charge in [0.2, 0.25) is 17.7 Å². The quantitative estimate of drug-likeness (QED) is 0.217. The lowest BCUT2D eigenvalue weighted by atomic mass is 10.0. The summed E-state index contributed by atoms with van der Waals surface area (Å²) in [6.07, 6.45) is 1.98. The Bertz CT molecular complexity index is 1310. The number of nitrogens with one attached hydrogen (secondary N) is 1. The average molecular weight is 490 g/mol. The van der Waals surface area contributed by atoms with Gasteiger partial charge in [-0.1, -0.05) is 23.7 Å². The molecule has 8 nitrogen and oxygen atoms in total. The second-order valence-electron chi connectivity index (χ2n) is 7.20. The molecule has 172 valence electrons. The molecule has 33 heavy (non-hydrogen) atoms. The zero-order chi connectivity index (χ0) is 24.2. The number of carbonyl (C=O) groups is 2. The van der Waals surface area contributed by atoms with Gasteiger partial charge in [-0.25, -0.2) is 8.42 Å². The molecule has 10 heteroatoms. The second kappa shape index (κ2) is 10.0. The average Bonchev–Trinajstić information content (AvgIpc) is 2.80. The van der Waals surface area contributed by atoms with Gasteiger partial charge >= 0.3 is 5.97 Å². The van der Waals surface area contributed by atoms with Crippen molar-refractivity contribution in [2.75, 3.05) is 11.8 Å². The van der Waals surface area contributed by atoms with Crippen LogP contribution in [0.3, 0.4) is 0 Å². The minimum atomic E-state index is -4.03. The molecule has 0 aliphatic heterocycles. The largest absolute Gasteiger partial charge is 0.469 e. The third-order valence-electron chi connectivity index (χ3n) is 5.02. The third-order valence-corrected chi connectivity index (χ3v) is 6.63. The molecule has 0 radical (unpaired) electrons. The van der Waals surface area contributed by atoms with E-state index in [0.29, 0.717) is 12.1 Å². The van der Waals surface area contributed by atoms with Gasteiger partial charge in [0.25, 0.3) is 10.0 Å². The number of ketones is 1. The number of anilines is 1. The van der Waals surface area contributed by atoms with Gasteiger partial charge in [0, 0.05) is 34.7 Å². The normalized spacial score (nSPS) is 11.1. The zero-order valence-electron chi connectivity index (χ0n) is 17.9. The number of nitrogens with zero attached hydrogens (tertiary/aromatic N) is 1. The summed E-state index contributed by atoms with van der Waals surface area (Å²) in [5.74, 6) is -0.858. The molecule has 0 unspecified atom stereocenters. The molecule has 3 rings (SSSR count). The van der Waals surface area contributed by atoms with Crippen LogP contribution >= 0.6 is 11.6 Å². The molecular formula is C23H22ClN2O6S+. The van der Waals surface area contributed by atoms with E-state index >= 15 is 0 Å². The number of carbonyl (C=O) groups excluding carboxylic acids is 2. The van der Waals surface area contributed by atoms with Crippen LogP contribution < -0.4 is 9.45 Å². The first-order valence-corrected chi connectivity index (χ1v) is 11.7. The van der Waals surface area contributed by atoms with Gasteiger partial charge in [-0.05, 0) is 48.4 Å². The van der Waals surface area contributed by atoms with Gasteiger partial charge in [0.15, 0.2) is 0 Å². The van der Waals surface area contributed by atoms with E-state index in [1.165, 1.54) is 55.8 Å². The topological polar surface area (TPSA) is 114 Å². The fraction of sp³-hybridized carbons (Fsp3) is 0.174. The number of esters is 1. The molecular weight excluding hydrogens is 468 g/mol. The standard InChI is InChI=1S/C23H21ClN2O6S/c1-15-19(4-3-13-26(15)29)23(28)20-14-17(24)8-11-21(20)25-33(30,31)18-9-5-16(6-10-18)7-12-22(27)32-2/h3-6,8-11,13-14H,7,12H2,1-2H3,(H-,25,28,29)/p+1. The van der Waals surface area contributed by atoms with E-state index in [2.05, 4.69) is 9.46 Å². The lowest BCUT2D eigenvalue weighted by Gasteiger charge is -2.13. The fourth-order valence-electron chi connectivity index (χ4n) is 3.14. The van der Waals surface area contributed by atoms with Crippen molar-refractivity contribution in [3.05, 3.63) is 88.2 Å².